The van der Waals surface area contributed by atoms with Crippen LogP contribution in [0.2, 0.25) is 0 Å². The Morgan fingerprint density at radius 2 is 1.39 bits per heavy atom. The largest absolute Gasteiger partial charge is 0.462 e. The second-order valence-corrected chi connectivity index (χ2v) is 22.1. The maximum atomic E-state index is 13.0. The van der Waals surface area contributed by atoms with Gasteiger partial charge in [-0.1, -0.05) is 129 Å². The Kier molecular flexibility index (Phi) is 22.4. The molecule has 0 amide bonds. The Hall–Kier alpha value is -2.15. The summed E-state index contributed by atoms with van der Waals surface area (Å²) in [4.78, 5) is 38.6. The van der Waals surface area contributed by atoms with Crippen LogP contribution < -0.4 is 0 Å². The Labute approximate surface area is 374 Å². The van der Waals surface area contributed by atoms with Gasteiger partial charge < -0.3 is 18.7 Å². The molecule has 3 saturated carbocycles. The summed E-state index contributed by atoms with van der Waals surface area (Å²) in [5.41, 5.74) is 1.74. The highest BCUT2D eigenvalue weighted by Crippen LogP contribution is 2.63. The van der Waals surface area contributed by atoms with Crippen LogP contribution in [0, 0.1) is 46.8 Å². The van der Waals surface area contributed by atoms with Gasteiger partial charge in [0.25, 0.3) is 0 Å². The van der Waals surface area contributed by atoms with Crippen molar-refractivity contribution in [2.75, 3.05) is 34.3 Å². The minimum Gasteiger partial charge on any atom is -0.462 e. The van der Waals surface area contributed by atoms with E-state index in [-0.39, 0.29) is 42.9 Å². The third-order valence-electron chi connectivity index (χ3n) is 15.6. The topological polar surface area (TPSA) is 78.9 Å². The predicted octanol–water partition coefficient (Wildman–Crippen LogP) is 13.5. The fourth-order valence-electron chi connectivity index (χ4n) is 12.2. The zero-order valence-electron chi connectivity index (χ0n) is 40.8. The monoisotopic (exact) mass is 853 g/mol. The third-order valence-corrected chi connectivity index (χ3v) is 15.6. The fourth-order valence-corrected chi connectivity index (χ4v) is 12.2. The molecule has 0 spiro atoms. The van der Waals surface area contributed by atoms with Gasteiger partial charge in [-0.05, 0) is 124 Å². The number of carbonyl (C=O) groups is 3. The number of carbonyl (C=O) groups excluding carboxylic acids is 3. The van der Waals surface area contributed by atoms with Crippen molar-refractivity contribution in [1.82, 2.24) is 0 Å². The lowest BCUT2D eigenvalue weighted by molar-refractivity contribution is -0.873. The molecule has 7 heteroatoms. The van der Waals surface area contributed by atoms with Crippen LogP contribution in [0.5, 0.6) is 0 Å². The van der Waals surface area contributed by atoms with Gasteiger partial charge in [-0.2, -0.15) is 0 Å². The molecule has 61 heavy (non-hydrogen) atoms. The number of ether oxygens (including phenoxy) is 3. The van der Waals surface area contributed by atoms with Crippen molar-refractivity contribution in [3.63, 3.8) is 0 Å². The first kappa shape index (κ1) is 51.5. The molecular weight excluding hydrogens is 759 g/mol. The normalized spacial score (nSPS) is 27.2. The average Bonchev–Trinajstić information content (AvgIpc) is 3.65. The van der Waals surface area contributed by atoms with Crippen LogP contribution in [-0.2, 0) is 28.6 Å². The van der Waals surface area contributed by atoms with Crippen molar-refractivity contribution >= 4 is 17.9 Å². The van der Waals surface area contributed by atoms with E-state index in [1.165, 1.54) is 115 Å². The van der Waals surface area contributed by atoms with Gasteiger partial charge in [0.05, 0.1) is 34.0 Å². The molecule has 0 bridgehead atoms. The number of rotatable bonds is 29. The number of likely N-dealkylation sites (N-methyl/N-ethyl adjacent to an activating group) is 1. The molecule has 0 aliphatic heterocycles. The van der Waals surface area contributed by atoms with Crippen LogP contribution in [-0.4, -0.2) is 68.9 Å². The van der Waals surface area contributed by atoms with E-state index in [2.05, 4.69) is 52.8 Å². The van der Waals surface area contributed by atoms with E-state index < -0.39 is 12.1 Å². The number of hydrogen-bond acceptors (Lipinski definition) is 6. The van der Waals surface area contributed by atoms with Crippen molar-refractivity contribution in [1.29, 1.82) is 0 Å². The molecule has 0 aromatic heterocycles. The Bertz CT molecular complexity index is 1360. The van der Waals surface area contributed by atoms with Crippen LogP contribution in [0.25, 0.3) is 0 Å². The maximum absolute atomic E-state index is 13.0. The lowest BCUT2D eigenvalue weighted by Gasteiger charge is -2.55. The standard InChI is InChI=1S/C54H94NO6/c1-9-10-11-12-13-14-15-16-17-18-19-20-21-22-23-27-52(57)61-45(39-55(6,7)8)40-59-51(56)34-35-53(58)60-44-36-37-54(5)43(38-44)28-29-49-48-31-30-46(47(48)32-33-50(49)54)42(4)26-24-25-41(2)3/h16-17,28,41-42,44-50H,9-15,18-27,29-40H2,1-8H3/q+1/t42-,44+,45?,46-,47?,48-,49+,50+,54+/m1/s1. The third kappa shape index (κ3) is 17.7. The first-order chi connectivity index (χ1) is 29.2. The smallest absolute Gasteiger partial charge is 0.306 e. The van der Waals surface area contributed by atoms with E-state index in [0.717, 1.165) is 86.4 Å². The van der Waals surface area contributed by atoms with Crippen LogP contribution in [0.15, 0.2) is 23.8 Å². The Morgan fingerprint density at radius 3 is 2.08 bits per heavy atom. The molecule has 0 radical (unpaired) electrons. The van der Waals surface area contributed by atoms with Crippen molar-refractivity contribution in [3.05, 3.63) is 23.8 Å². The summed E-state index contributed by atoms with van der Waals surface area (Å²) >= 11 is 0. The minimum atomic E-state index is -0.528. The van der Waals surface area contributed by atoms with Crippen LogP contribution >= 0.6 is 0 Å². The first-order valence-corrected chi connectivity index (χ1v) is 25.9. The highest BCUT2D eigenvalue weighted by atomic mass is 16.6. The predicted molar refractivity (Wildman–Crippen MR) is 251 cm³/mol. The number of quaternary nitrogens is 1. The molecule has 4 aliphatic rings. The molecular formula is C54H94NO6+. The second-order valence-electron chi connectivity index (χ2n) is 22.1. The van der Waals surface area contributed by atoms with E-state index in [9.17, 15) is 14.4 Å². The first-order valence-electron chi connectivity index (χ1n) is 25.9. The molecule has 4 rings (SSSR count). The summed E-state index contributed by atoms with van der Waals surface area (Å²) in [6, 6.07) is 0. The highest BCUT2D eigenvalue weighted by molar-refractivity contribution is 5.77. The van der Waals surface area contributed by atoms with E-state index >= 15 is 0 Å². The molecule has 0 aromatic carbocycles. The van der Waals surface area contributed by atoms with E-state index in [0.29, 0.717) is 17.4 Å². The summed E-state index contributed by atoms with van der Waals surface area (Å²) < 4.78 is 18.0. The number of fused-ring (bicyclic) bond motifs is 5. The van der Waals surface area contributed by atoms with Crippen LogP contribution in [0.3, 0.4) is 0 Å². The molecule has 350 valence electrons. The van der Waals surface area contributed by atoms with Crippen molar-refractivity contribution in [3.8, 4) is 0 Å². The average molecular weight is 853 g/mol. The maximum Gasteiger partial charge on any atom is 0.306 e. The lowest BCUT2D eigenvalue weighted by Crippen LogP contribution is -2.48. The van der Waals surface area contributed by atoms with Gasteiger partial charge in [-0.25, -0.2) is 0 Å². The SMILES string of the molecule is CCCCCCCCC=CCCCCCCCC(=O)OC(COC(=O)CCC(=O)O[C@H]1CC[C@@]2(C)C(=CC[C@H]3[C@@H]4CC[C@H]([C@H](C)CCCC(C)C)C4CC[C@@H]32)C1)C[N+](C)(C)C. The summed E-state index contributed by atoms with van der Waals surface area (Å²) in [6.45, 7) is 12.6. The zero-order chi connectivity index (χ0) is 44.3. The minimum absolute atomic E-state index is 0.00137. The molecule has 0 aromatic rings. The molecule has 9 atom stereocenters. The number of nitrogens with zero attached hydrogens (tertiary/aromatic N) is 1. The zero-order valence-corrected chi connectivity index (χ0v) is 40.8. The summed E-state index contributed by atoms with van der Waals surface area (Å²) in [5, 5.41) is 0. The molecule has 0 N–H and O–H groups in total. The van der Waals surface area contributed by atoms with E-state index in [1.807, 2.05) is 21.1 Å². The number of unbranched alkanes of at least 4 members (excludes halogenated alkanes) is 11. The van der Waals surface area contributed by atoms with Gasteiger partial charge in [0.15, 0.2) is 6.10 Å². The van der Waals surface area contributed by atoms with Gasteiger partial charge in [0, 0.05) is 12.8 Å². The number of hydrogen-bond donors (Lipinski definition) is 0. The molecule has 4 aliphatic carbocycles. The molecule has 3 fully saturated rings. The van der Waals surface area contributed by atoms with Gasteiger partial charge >= 0.3 is 17.9 Å². The Morgan fingerprint density at radius 1 is 0.738 bits per heavy atom. The summed E-state index contributed by atoms with van der Waals surface area (Å²) in [7, 11) is 6.10. The van der Waals surface area contributed by atoms with Crippen LogP contribution in [0.4, 0.5) is 0 Å². The van der Waals surface area contributed by atoms with Gasteiger partial charge in [-0.15, -0.1) is 0 Å². The van der Waals surface area contributed by atoms with Gasteiger partial charge in [0.1, 0.15) is 19.3 Å². The second kappa shape index (κ2) is 26.6. The molecule has 2 unspecified atom stereocenters. The summed E-state index contributed by atoms with van der Waals surface area (Å²) in [6.07, 6.45) is 36.5. The van der Waals surface area contributed by atoms with Gasteiger partial charge in [-0.3, -0.25) is 14.4 Å². The molecule has 0 heterocycles. The van der Waals surface area contributed by atoms with E-state index in [4.69, 9.17) is 14.2 Å². The van der Waals surface area contributed by atoms with E-state index in [1.54, 1.807) is 0 Å². The van der Waals surface area contributed by atoms with Gasteiger partial charge in [0.2, 0.25) is 0 Å². The quantitative estimate of drug-likeness (QED) is 0.0245. The van der Waals surface area contributed by atoms with Crippen molar-refractivity contribution in [2.45, 2.75) is 220 Å². The van der Waals surface area contributed by atoms with Crippen molar-refractivity contribution in [2.24, 2.45) is 46.8 Å². The van der Waals surface area contributed by atoms with Crippen LogP contribution in [0.1, 0.15) is 208 Å². The number of allylic oxidation sites excluding steroid dienone is 3. The number of esters is 3. The highest BCUT2D eigenvalue weighted by Gasteiger charge is 2.54. The Balaban J connectivity index is 1.10. The van der Waals surface area contributed by atoms with Crippen molar-refractivity contribution < 1.29 is 33.1 Å². The molecule has 7 nitrogen and oxygen atoms in total. The fraction of sp³-hybridized carbons (Fsp3) is 0.870. The lowest BCUT2D eigenvalue weighted by atomic mass is 9.50. The molecule has 0 saturated heterocycles. The summed E-state index contributed by atoms with van der Waals surface area (Å²) in [5.74, 6) is 4.94.